The summed E-state index contributed by atoms with van der Waals surface area (Å²) in [5, 5.41) is 12.9. The number of ether oxygens (including phenoxy) is 2. The lowest BCUT2D eigenvalue weighted by Crippen LogP contribution is -2.04. The van der Waals surface area contributed by atoms with E-state index >= 15 is 0 Å². The Hall–Kier alpha value is -1.91. The highest BCUT2D eigenvalue weighted by molar-refractivity contribution is 6.31. The molecule has 0 saturated carbocycles. The third kappa shape index (κ3) is 4.28. The van der Waals surface area contributed by atoms with E-state index in [2.05, 4.69) is 5.32 Å². The summed E-state index contributed by atoms with van der Waals surface area (Å²) >= 11 is 6.13. The molecule has 2 aromatic rings. The fraction of sp³-hybridized carbons (Fsp3) is 0.250. The van der Waals surface area contributed by atoms with Gasteiger partial charge in [-0.1, -0.05) is 29.8 Å². The molecule has 0 atom stereocenters. The Bertz CT molecular complexity index is 589. The molecule has 21 heavy (non-hydrogen) atoms. The number of methoxy groups -OCH3 is 1. The topological polar surface area (TPSA) is 50.7 Å². The van der Waals surface area contributed by atoms with E-state index in [0.29, 0.717) is 18.0 Å². The summed E-state index contributed by atoms with van der Waals surface area (Å²) < 4.78 is 10.7. The molecule has 0 fully saturated rings. The lowest BCUT2D eigenvalue weighted by Gasteiger charge is -2.13. The molecule has 4 nitrogen and oxygen atoms in total. The molecule has 0 amide bonds. The van der Waals surface area contributed by atoms with Crippen molar-refractivity contribution >= 4 is 17.3 Å². The molecule has 0 aliphatic carbocycles. The third-order valence-corrected chi connectivity index (χ3v) is 3.32. The van der Waals surface area contributed by atoms with Gasteiger partial charge in [-0.25, -0.2) is 0 Å². The lowest BCUT2D eigenvalue weighted by atomic mass is 10.2. The second-order valence-corrected chi connectivity index (χ2v) is 4.79. The second-order valence-electron chi connectivity index (χ2n) is 4.38. The van der Waals surface area contributed by atoms with Crippen molar-refractivity contribution in [2.45, 2.75) is 6.54 Å². The number of hydrogen-bond acceptors (Lipinski definition) is 4. The maximum absolute atomic E-state index is 8.85. The normalized spacial score (nSPS) is 10.2. The molecular weight excluding hydrogens is 290 g/mol. The number of aliphatic hydroxyl groups is 1. The first kappa shape index (κ1) is 15.5. The van der Waals surface area contributed by atoms with Crippen molar-refractivity contribution in [2.75, 3.05) is 25.6 Å². The number of aliphatic hydroxyl groups excluding tert-OH is 1. The highest BCUT2D eigenvalue weighted by Gasteiger charge is 2.06. The van der Waals surface area contributed by atoms with Crippen LogP contribution in [0.1, 0.15) is 5.56 Å². The molecular formula is C16H18ClNO3. The highest BCUT2D eigenvalue weighted by Crippen LogP contribution is 2.30. The van der Waals surface area contributed by atoms with Crippen LogP contribution in [0.2, 0.25) is 5.02 Å². The van der Waals surface area contributed by atoms with Gasteiger partial charge in [0.1, 0.15) is 6.61 Å². The summed E-state index contributed by atoms with van der Waals surface area (Å²) in [6.45, 7) is 0.802. The summed E-state index contributed by atoms with van der Waals surface area (Å²) in [7, 11) is 1.58. The van der Waals surface area contributed by atoms with Crippen LogP contribution in [-0.2, 0) is 6.54 Å². The van der Waals surface area contributed by atoms with Crippen molar-refractivity contribution in [2.24, 2.45) is 0 Å². The Morgan fingerprint density at radius 2 is 1.95 bits per heavy atom. The van der Waals surface area contributed by atoms with Crippen LogP contribution in [0, 0.1) is 0 Å². The minimum absolute atomic E-state index is 0.0412. The summed E-state index contributed by atoms with van der Waals surface area (Å²) in [5.41, 5.74) is 1.91. The smallest absolute Gasteiger partial charge is 0.163 e. The molecule has 0 aliphatic heterocycles. The number of rotatable bonds is 7. The quantitative estimate of drug-likeness (QED) is 0.824. The molecule has 0 bridgehead atoms. The van der Waals surface area contributed by atoms with E-state index in [-0.39, 0.29) is 13.2 Å². The molecule has 0 saturated heterocycles. The molecule has 112 valence electrons. The van der Waals surface area contributed by atoms with Gasteiger partial charge in [0.25, 0.3) is 0 Å². The Balaban J connectivity index is 2.08. The molecule has 0 unspecified atom stereocenters. The Morgan fingerprint density at radius 3 is 2.67 bits per heavy atom. The zero-order chi connectivity index (χ0) is 15.1. The van der Waals surface area contributed by atoms with Gasteiger partial charge in [0.2, 0.25) is 0 Å². The van der Waals surface area contributed by atoms with E-state index in [1.165, 1.54) is 0 Å². The van der Waals surface area contributed by atoms with Gasteiger partial charge >= 0.3 is 0 Å². The summed E-state index contributed by atoms with van der Waals surface area (Å²) in [5.74, 6) is 1.22. The van der Waals surface area contributed by atoms with Crippen LogP contribution in [0.15, 0.2) is 42.5 Å². The van der Waals surface area contributed by atoms with Gasteiger partial charge in [0.05, 0.1) is 13.7 Å². The first-order valence-corrected chi connectivity index (χ1v) is 7.01. The summed E-state index contributed by atoms with van der Waals surface area (Å²) in [4.78, 5) is 0. The number of nitrogens with one attached hydrogen (secondary N) is 1. The molecule has 2 aromatic carbocycles. The van der Waals surface area contributed by atoms with Gasteiger partial charge in [0.15, 0.2) is 11.5 Å². The molecule has 2 N–H and O–H groups in total. The lowest BCUT2D eigenvalue weighted by molar-refractivity contribution is 0.196. The zero-order valence-electron chi connectivity index (χ0n) is 11.8. The number of halogens is 1. The van der Waals surface area contributed by atoms with E-state index in [1.54, 1.807) is 7.11 Å². The number of anilines is 1. The van der Waals surface area contributed by atoms with Crippen molar-refractivity contribution in [1.82, 2.24) is 0 Å². The number of benzene rings is 2. The fourth-order valence-electron chi connectivity index (χ4n) is 1.89. The van der Waals surface area contributed by atoms with Crippen LogP contribution in [0.3, 0.4) is 0 Å². The minimum Gasteiger partial charge on any atom is -0.493 e. The van der Waals surface area contributed by atoms with E-state index in [9.17, 15) is 0 Å². The fourth-order valence-corrected chi connectivity index (χ4v) is 2.10. The van der Waals surface area contributed by atoms with E-state index in [0.717, 1.165) is 16.3 Å². The Kier molecular flexibility index (Phi) is 5.72. The van der Waals surface area contributed by atoms with Crippen molar-refractivity contribution < 1.29 is 14.6 Å². The first-order chi connectivity index (χ1) is 10.2. The predicted molar refractivity (Wildman–Crippen MR) is 84.4 cm³/mol. The summed E-state index contributed by atoms with van der Waals surface area (Å²) in [6, 6.07) is 13.3. The Morgan fingerprint density at radius 1 is 1.14 bits per heavy atom. The van der Waals surface area contributed by atoms with Crippen LogP contribution in [0.4, 0.5) is 5.69 Å². The maximum Gasteiger partial charge on any atom is 0.163 e. The van der Waals surface area contributed by atoms with Gasteiger partial charge in [-0.3, -0.25) is 0 Å². The van der Waals surface area contributed by atoms with Crippen LogP contribution < -0.4 is 14.8 Å². The second kappa shape index (κ2) is 7.76. The molecule has 0 aliphatic rings. The van der Waals surface area contributed by atoms with Crippen molar-refractivity contribution in [1.29, 1.82) is 0 Å². The average molecular weight is 308 g/mol. The maximum atomic E-state index is 8.85. The molecule has 0 heterocycles. The molecule has 0 radical (unpaired) electrons. The minimum atomic E-state index is -0.0412. The standard InChI is InChI=1S/C16H18ClNO3/c1-20-15-7-6-13(10-16(15)21-9-8-19)18-11-12-4-2-3-5-14(12)17/h2-7,10,18-19H,8-9,11H2,1H3. The van der Waals surface area contributed by atoms with Gasteiger partial charge in [-0.05, 0) is 23.8 Å². The van der Waals surface area contributed by atoms with Crippen LogP contribution >= 0.6 is 11.6 Å². The summed E-state index contributed by atoms with van der Waals surface area (Å²) in [6.07, 6.45) is 0. The zero-order valence-corrected chi connectivity index (χ0v) is 12.6. The SMILES string of the molecule is COc1ccc(NCc2ccccc2Cl)cc1OCCO. The van der Waals surface area contributed by atoms with E-state index < -0.39 is 0 Å². The van der Waals surface area contributed by atoms with Gasteiger partial charge in [-0.15, -0.1) is 0 Å². The van der Waals surface area contributed by atoms with Gasteiger partial charge < -0.3 is 19.9 Å². The third-order valence-electron chi connectivity index (χ3n) is 2.95. The monoisotopic (exact) mass is 307 g/mol. The van der Waals surface area contributed by atoms with Crippen molar-refractivity contribution in [3.05, 3.63) is 53.1 Å². The van der Waals surface area contributed by atoms with Crippen LogP contribution in [0.25, 0.3) is 0 Å². The van der Waals surface area contributed by atoms with Crippen molar-refractivity contribution in [3.8, 4) is 11.5 Å². The Labute approximate surface area is 129 Å². The van der Waals surface area contributed by atoms with Crippen molar-refractivity contribution in [3.63, 3.8) is 0 Å². The van der Waals surface area contributed by atoms with Gasteiger partial charge in [0, 0.05) is 23.3 Å². The first-order valence-electron chi connectivity index (χ1n) is 6.63. The van der Waals surface area contributed by atoms with Gasteiger partial charge in [-0.2, -0.15) is 0 Å². The average Bonchev–Trinajstić information content (AvgIpc) is 2.52. The van der Waals surface area contributed by atoms with Crippen LogP contribution in [-0.4, -0.2) is 25.4 Å². The predicted octanol–water partition coefficient (Wildman–Crippen LogP) is 3.33. The van der Waals surface area contributed by atoms with Crippen LogP contribution in [0.5, 0.6) is 11.5 Å². The highest BCUT2D eigenvalue weighted by atomic mass is 35.5. The molecule has 0 aromatic heterocycles. The number of hydrogen-bond donors (Lipinski definition) is 2. The molecule has 5 heteroatoms. The van der Waals surface area contributed by atoms with E-state index in [1.807, 2.05) is 42.5 Å². The van der Waals surface area contributed by atoms with E-state index in [4.69, 9.17) is 26.2 Å². The largest absolute Gasteiger partial charge is 0.493 e. The molecule has 0 spiro atoms. The molecule has 2 rings (SSSR count).